The predicted molar refractivity (Wildman–Crippen MR) is 91.3 cm³/mol. The summed E-state index contributed by atoms with van der Waals surface area (Å²) in [5, 5.41) is 0. The molecule has 0 saturated heterocycles. The number of rotatable bonds is 4. The molecule has 1 aliphatic heterocycles. The third-order valence-electron chi connectivity index (χ3n) is 3.56. The van der Waals surface area contributed by atoms with Gasteiger partial charge in [0.2, 0.25) is 5.90 Å². The van der Waals surface area contributed by atoms with Crippen LogP contribution in [-0.4, -0.2) is 26.1 Å². The summed E-state index contributed by atoms with van der Waals surface area (Å²) in [5.74, 6) is 0.947. The predicted octanol–water partition coefficient (Wildman–Crippen LogP) is 3.36. The summed E-state index contributed by atoms with van der Waals surface area (Å²) < 4.78 is 15.8. The lowest BCUT2D eigenvalue weighted by Gasteiger charge is -2.07. The number of aryl methyl sites for hydroxylation is 1. The fourth-order valence-corrected chi connectivity index (χ4v) is 2.38. The highest BCUT2D eigenvalue weighted by Gasteiger charge is 2.25. The second kappa shape index (κ2) is 6.58. The molecule has 0 aliphatic carbocycles. The summed E-state index contributed by atoms with van der Waals surface area (Å²) in [7, 11) is 3.12. The van der Waals surface area contributed by atoms with Crippen molar-refractivity contribution < 1.29 is 19.0 Å². The lowest BCUT2D eigenvalue weighted by Crippen LogP contribution is -2.06. The van der Waals surface area contributed by atoms with Crippen molar-refractivity contribution >= 4 is 17.9 Å². The molecule has 2 aromatic rings. The van der Waals surface area contributed by atoms with Gasteiger partial charge in [-0.3, -0.25) is 0 Å². The number of hydrogen-bond donors (Lipinski definition) is 0. The van der Waals surface area contributed by atoms with Gasteiger partial charge in [0.05, 0.1) is 14.2 Å². The smallest absolute Gasteiger partial charge is 0.363 e. The molecule has 1 heterocycles. The van der Waals surface area contributed by atoms with Crippen LogP contribution in [0.3, 0.4) is 0 Å². The molecule has 0 spiro atoms. The molecular formula is C19H17NO4. The Balaban J connectivity index is 1.97. The van der Waals surface area contributed by atoms with Crippen LogP contribution in [0.2, 0.25) is 0 Å². The Bertz CT molecular complexity index is 830. The van der Waals surface area contributed by atoms with Gasteiger partial charge in [-0.1, -0.05) is 29.8 Å². The molecule has 5 heteroatoms. The number of carbonyl (C=O) groups is 1. The Morgan fingerprint density at radius 1 is 1.04 bits per heavy atom. The number of benzene rings is 2. The van der Waals surface area contributed by atoms with Crippen LogP contribution in [0.25, 0.3) is 6.08 Å². The molecule has 24 heavy (non-hydrogen) atoms. The van der Waals surface area contributed by atoms with Crippen LogP contribution in [0.1, 0.15) is 16.7 Å². The van der Waals surface area contributed by atoms with Crippen molar-refractivity contribution in [3.05, 3.63) is 64.9 Å². The summed E-state index contributed by atoms with van der Waals surface area (Å²) in [6, 6.07) is 13.0. The summed E-state index contributed by atoms with van der Waals surface area (Å²) >= 11 is 0. The zero-order valence-electron chi connectivity index (χ0n) is 13.7. The van der Waals surface area contributed by atoms with Crippen LogP contribution < -0.4 is 9.47 Å². The van der Waals surface area contributed by atoms with Gasteiger partial charge < -0.3 is 14.2 Å². The maximum atomic E-state index is 12.1. The Morgan fingerprint density at radius 3 is 2.38 bits per heavy atom. The van der Waals surface area contributed by atoms with E-state index in [4.69, 9.17) is 14.2 Å². The minimum atomic E-state index is -0.478. The van der Waals surface area contributed by atoms with Gasteiger partial charge in [-0.25, -0.2) is 9.79 Å². The fraction of sp³-hybridized carbons (Fsp3) is 0.158. The molecule has 1 aliphatic rings. The molecule has 0 bridgehead atoms. The molecule has 0 amide bonds. The summed E-state index contributed by atoms with van der Waals surface area (Å²) in [5.41, 5.74) is 2.89. The third kappa shape index (κ3) is 3.30. The van der Waals surface area contributed by atoms with Crippen LogP contribution in [0.4, 0.5) is 0 Å². The highest BCUT2D eigenvalue weighted by molar-refractivity contribution is 6.13. The van der Waals surface area contributed by atoms with Gasteiger partial charge in [-0.15, -0.1) is 0 Å². The Kier molecular flexibility index (Phi) is 4.33. The van der Waals surface area contributed by atoms with Crippen LogP contribution in [-0.2, 0) is 9.53 Å². The van der Waals surface area contributed by atoms with E-state index < -0.39 is 5.97 Å². The SMILES string of the molecule is COc1cc(OC)cc(C2=N/C(=C/c3cccc(C)c3)C(=O)O2)c1. The minimum Gasteiger partial charge on any atom is -0.497 e. The van der Waals surface area contributed by atoms with Gasteiger partial charge in [0.15, 0.2) is 5.70 Å². The normalized spacial score (nSPS) is 15.2. The summed E-state index contributed by atoms with van der Waals surface area (Å²) in [6.07, 6.45) is 1.71. The van der Waals surface area contributed by atoms with Gasteiger partial charge in [-0.2, -0.15) is 0 Å². The first-order chi connectivity index (χ1) is 11.6. The highest BCUT2D eigenvalue weighted by atomic mass is 16.6. The van der Waals surface area contributed by atoms with E-state index in [0.29, 0.717) is 17.1 Å². The van der Waals surface area contributed by atoms with Gasteiger partial charge in [0, 0.05) is 11.6 Å². The first-order valence-electron chi connectivity index (χ1n) is 7.42. The zero-order chi connectivity index (χ0) is 17.1. The number of hydrogen-bond acceptors (Lipinski definition) is 5. The maximum Gasteiger partial charge on any atom is 0.363 e. The van der Waals surface area contributed by atoms with E-state index >= 15 is 0 Å². The average molecular weight is 323 g/mol. The van der Waals surface area contributed by atoms with E-state index in [2.05, 4.69) is 4.99 Å². The largest absolute Gasteiger partial charge is 0.497 e. The van der Waals surface area contributed by atoms with Crippen LogP contribution in [0, 0.1) is 6.92 Å². The highest BCUT2D eigenvalue weighted by Crippen LogP contribution is 2.26. The molecule has 0 aromatic heterocycles. The minimum absolute atomic E-state index is 0.233. The average Bonchev–Trinajstić information content (AvgIpc) is 2.95. The van der Waals surface area contributed by atoms with Crippen molar-refractivity contribution in [2.75, 3.05) is 14.2 Å². The Morgan fingerprint density at radius 2 is 1.75 bits per heavy atom. The molecular weight excluding hydrogens is 306 g/mol. The van der Waals surface area contributed by atoms with E-state index in [9.17, 15) is 4.79 Å². The number of cyclic esters (lactones) is 1. The van der Waals surface area contributed by atoms with Crippen molar-refractivity contribution in [3.63, 3.8) is 0 Å². The molecule has 122 valence electrons. The van der Waals surface area contributed by atoms with Crippen LogP contribution in [0.5, 0.6) is 11.5 Å². The second-order valence-corrected chi connectivity index (χ2v) is 5.35. The topological polar surface area (TPSA) is 57.1 Å². The fourth-order valence-electron chi connectivity index (χ4n) is 2.38. The van der Waals surface area contributed by atoms with E-state index in [0.717, 1.165) is 11.1 Å². The van der Waals surface area contributed by atoms with Gasteiger partial charge in [0.1, 0.15) is 11.5 Å². The van der Waals surface area contributed by atoms with E-state index in [1.165, 1.54) is 0 Å². The van der Waals surface area contributed by atoms with Crippen molar-refractivity contribution in [3.8, 4) is 11.5 Å². The lowest BCUT2D eigenvalue weighted by atomic mass is 10.1. The van der Waals surface area contributed by atoms with E-state index in [1.54, 1.807) is 38.5 Å². The molecule has 0 atom stereocenters. The molecule has 2 aromatic carbocycles. The van der Waals surface area contributed by atoms with Crippen LogP contribution >= 0.6 is 0 Å². The van der Waals surface area contributed by atoms with E-state index in [-0.39, 0.29) is 11.6 Å². The van der Waals surface area contributed by atoms with Gasteiger partial charge in [-0.05, 0) is 30.7 Å². The number of nitrogens with zero attached hydrogens (tertiary/aromatic N) is 1. The summed E-state index contributed by atoms with van der Waals surface area (Å²) in [6.45, 7) is 1.99. The van der Waals surface area contributed by atoms with Gasteiger partial charge in [0.25, 0.3) is 0 Å². The molecule has 0 radical (unpaired) electrons. The number of carbonyl (C=O) groups excluding carboxylic acids is 1. The molecule has 0 fully saturated rings. The van der Waals surface area contributed by atoms with Crippen molar-refractivity contribution in [2.24, 2.45) is 4.99 Å². The maximum absolute atomic E-state index is 12.1. The number of aliphatic imine (C=N–C) groups is 1. The molecule has 3 rings (SSSR count). The van der Waals surface area contributed by atoms with Crippen LogP contribution in [0.15, 0.2) is 53.2 Å². The molecule has 0 saturated carbocycles. The molecule has 0 unspecified atom stereocenters. The van der Waals surface area contributed by atoms with Crippen molar-refractivity contribution in [2.45, 2.75) is 6.92 Å². The Hall–Kier alpha value is -3.08. The summed E-state index contributed by atoms with van der Waals surface area (Å²) in [4.78, 5) is 16.4. The van der Waals surface area contributed by atoms with E-state index in [1.807, 2.05) is 31.2 Å². The zero-order valence-corrected chi connectivity index (χ0v) is 13.7. The first kappa shape index (κ1) is 15.8. The lowest BCUT2D eigenvalue weighted by molar-refractivity contribution is -0.129. The first-order valence-corrected chi connectivity index (χ1v) is 7.42. The number of esters is 1. The Labute approximate surface area is 140 Å². The number of ether oxygens (including phenoxy) is 3. The monoisotopic (exact) mass is 323 g/mol. The molecule has 5 nitrogen and oxygen atoms in total. The molecule has 0 N–H and O–H groups in total. The van der Waals surface area contributed by atoms with Crippen molar-refractivity contribution in [1.29, 1.82) is 0 Å². The third-order valence-corrected chi connectivity index (χ3v) is 3.56. The van der Waals surface area contributed by atoms with Gasteiger partial charge >= 0.3 is 5.97 Å². The van der Waals surface area contributed by atoms with Crippen molar-refractivity contribution in [1.82, 2.24) is 0 Å². The quantitative estimate of drug-likeness (QED) is 0.639. The number of methoxy groups -OCH3 is 2. The second-order valence-electron chi connectivity index (χ2n) is 5.35. The standard InChI is InChI=1S/C19H17NO4/c1-12-5-4-6-13(7-12)8-17-19(21)24-18(20-17)14-9-15(22-2)11-16(10-14)23-3/h4-11H,1-3H3/b17-8+.